The third kappa shape index (κ3) is 1.57. The Balaban J connectivity index is 2.45. The molecule has 14 heavy (non-hydrogen) atoms. The Labute approximate surface area is 82.8 Å². The van der Waals surface area contributed by atoms with Crippen LogP contribution in [-0.2, 0) is 0 Å². The van der Waals surface area contributed by atoms with E-state index < -0.39 is 0 Å². The molecule has 2 N–H and O–H groups in total. The first-order valence-corrected chi connectivity index (χ1v) is 4.99. The molecule has 4 nitrogen and oxygen atoms in total. The van der Waals surface area contributed by atoms with Gasteiger partial charge in [-0.25, -0.2) is 4.79 Å². The molecule has 1 aromatic heterocycles. The highest BCUT2D eigenvalue weighted by molar-refractivity contribution is 5.25. The highest BCUT2D eigenvalue weighted by Gasteiger charge is 2.20. The molecular weight excluding hydrogens is 178 g/mol. The Hall–Kier alpha value is -1.16. The van der Waals surface area contributed by atoms with Gasteiger partial charge in [-0.15, -0.1) is 0 Å². The molecule has 0 saturated carbocycles. The SMILES string of the molecule is Cc1[nH]c(=O)nc([C@@H]2CCCN2)c1C. The third-order valence-electron chi connectivity index (χ3n) is 2.85. The summed E-state index contributed by atoms with van der Waals surface area (Å²) in [5, 5.41) is 3.35. The van der Waals surface area contributed by atoms with Gasteiger partial charge in [0.2, 0.25) is 0 Å². The van der Waals surface area contributed by atoms with Crippen LogP contribution in [0.2, 0.25) is 0 Å². The number of hydrogen-bond acceptors (Lipinski definition) is 3. The van der Waals surface area contributed by atoms with Crippen LogP contribution in [0.25, 0.3) is 0 Å². The van der Waals surface area contributed by atoms with Crippen LogP contribution in [0.15, 0.2) is 4.79 Å². The summed E-state index contributed by atoms with van der Waals surface area (Å²) in [6, 6.07) is 0.274. The molecule has 1 atom stereocenters. The zero-order valence-electron chi connectivity index (χ0n) is 8.55. The molecule has 1 fully saturated rings. The van der Waals surface area contributed by atoms with E-state index in [0.29, 0.717) is 0 Å². The fourth-order valence-corrected chi connectivity index (χ4v) is 1.92. The van der Waals surface area contributed by atoms with Crippen LogP contribution in [0.4, 0.5) is 0 Å². The lowest BCUT2D eigenvalue weighted by Gasteiger charge is -2.13. The molecule has 1 saturated heterocycles. The standard InChI is InChI=1S/C10H15N3O/c1-6-7(2)12-10(14)13-9(6)8-4-3-5-11-8/h8,11H,3-5H2,1-2H3,(H,12,13,14)/t8-/m0/s1. The molecule has 0 unspecified atom stereocenters. The number of hydrogen-bond donors (Lipinski definition) is 2. The third-order valence-corrected chi connectivity index (χ3v) is 2.85. The summed E-state index contributed by atoms with van der Waals surface area (Å²) in [5.41, 5.74) is 2.71. The van der Waals surface area contributed by atoms with Crippen molar-refractivity contribution in [2.75, 3.05) is 6.54 Å². The minimum atomic E-state index is -0.239. The van der Waals surface area contributed by atoms with Crippen molar-refractivity contribution in [2.24, 2.45) is 0 Å². The molecule has 2 heterocycles. The van der Waals surface area contributed by atoms with Gasteiger partial charge in [0, 0.05) is 5.69 Å². The predicted molar refractivity (Wildman–Crippen MR) is 54.3 cm³/mol. The molecule has 0 aliphatic carbocycles. The second-order valence-electron chi connectivity index (χ2n) is 3.83. The summed E-state index contributed by atoms with van der Waals surface area (Å²) < 4.78 is 0. The van der Waals surface area contributed by atoms with Crippen LogP contribution in [0.3, 0.4) is 0 Å². The highest BCUT2D eigenvalue weighted by Crippen LogP contribution is 2.23. The molecular formula is C10H15N3O. The molecule has 1 aliphatic rings. The largest absolute Gasteiger partial charge is 0.345 e. The maximum Gasteiger partial charge on any atom is 0.345 e. The molecule has 0 aromatic carbocycles. The summed E-state index contributed by atoms with van der Waals surface area (Å²) in [6.45, 7) is 4.95. The van der Waals surface area contributed by atoms with E-state index in [1.165, 1.54) is 0 Å². The van der Waals surface area contributed by atoms with Crippen LogP contribution in [-0.4, -0.2) is 16.5 Å². The van der Waals surface area contributed by atoms with Crippen molar-refractivity contribution in [3.05, 3.63) is 27.4 Å². The molecule has 4 heteroatoms. The molecule has 0 amide bonds. The van der Waals surface area contributed by atoms with Crippen LogP contribution >= 0.6 is 0 Å². The van der Waals surface area contributed by atoms with Gasteiger partial charge in [0.1, 0.15) is 0 Å². The Morgan fingerprint density at radius 1 is 1.43 bits per heavy atom. The second kappa shape index (κ2) is 3.53. The monoisotopic (exact) mass is 193 g/mol. The number of aryl methyl sites for hydroxylation is 1. The zero-order chi connectivity index (χ0) is 10.1. The summed E-state index contributed by atoms with van der Waals surface area (Å²) in [6.07, 6.45) is 2.24. The summed E-state index contributed by atoms with van der Waals surface area (Å²) in [4.78, 5) is 18.0. The van der Waals surface area contributed by atoms with Crippen LogP contribution in [0, 0.1) is 13.8 Å². The van der Waals surface area contributed by atoms with Crippen molar-refractivity contribution in [3.8, 4) is 0 Å². The van der Waals surface area contributed by atoms with Crippen molar-refractivity contribution in [1.29, 1.82) is 0 Å². The van der Waals surface area contributed by atoms with E-state index in [-0.39, 0.29) is 11.7 Å². The Bertz CT molecular complexity index is 391. The molecule has 76 valence electrons. The van der Waals surface area contributed by atoms with E-state index in [1.54, 1.807) is 0 Å². The maximum absolute atomic E-state index is 11.2. The van der Waals surface area contributed by atoms with Crippen LogP contribution in [0.1, 0.15) is 35.8 Å². The van der Waals surface area contributed by atoms with Gasteiger partial charge in [0.25, 0.3) is 0 Å². The fourth-order valence-electron chi connectivity index (χ4n) is 1.92. The smallest absolute Gasteiger partial charge is 0.310 e. The first-order valence-electron chi connectivity index (χ1n) is 4.99. The molecule has 2 rings (SSSR count). The van der Waals surface area contributed by atoms with Gasteiger partial charge >= 0.3 is 5.69 Å². The maximum atomic E-state index is 11.2. The lowest BCUT2D eigenvalue weighted by molar-refractivity contribution is 0.615. The van der Waals surface area contributed by atoms with E-state index in [9.17, 15) is 4.79 Å². The van der Waals surface area contributed by atoms with Crippen molar-refractivity contribution in [2.45, 2.75) is 32.7 Å². The normalized spacial score (nSPS) is 21.4. The number of aromatic nitrogens is 2. The Morgan fingerprint density at radius 3 is 2.86 bits per heavy atom. The fraction of sp³-hybridized carbons (Fsp3) is 0.600. The number of nitrogens with one attached hydrogen (secondary N) is 2. The van der Waals surface area contributed by atoms with Gasteiger partial charge in [-0.05, 0) is 38.8 Å². The minimum Gasteiger partial charge on any atom is -0.310 e. The number of H-pyrrole nitrogens is 1. The Morgan fingerprint density at radius 2 is 2.21 bits per heavy atom. The first-order chi connectivity index (χ1) is 6.68. The lowest BCUT2D eigenvalue weighted by atomic mass is 10.1. The first kappa shape index (κ1) is 9.40. The van der Waals surface area contributed by atoms with E-state index in [2.05, 4.69) is 15.3 Å². The van der Waals surface area contributed by atoms with E-state index in [4.69, 9.17) is 0 Å². The van der Waals surface area contributed by atoms with Crippen LogP contribution in [0.5, 0.6) is 0 Å². The predicted octanol–water partition coefficient (Wildman–Crippen LogP) is 0.811. The van der Waals surface area contributed by atoms with Crippen LogP contribution < -0.4 is 11.0 Å². The van der Waals surface area contributed by atoms with Crippen molar-refractivity contribution < 1.29 is 0 Å². The second-order valence-corrected chi connectivity index (χ2v) is 3.83. The quantitative estimate of drug-likeness (QED) is 0.694. The zero-order valence-corrected chi connectivity index (χ0v) is 8.55. The summed E-state index contributed by atoms with van der Waals surface area (Å²) in [5.74, 6) is 0. The van der Waals surface area contributed by atoms with Crippen molar-refractivity contribution >= 4 is 0 Å². The van der Waals surface area contributed by atoms with Gasteiger partial charge in [-0.3, -0.25) is 0 Å². The summed E-state index contributed by atoms with van der Waals surface area (Å²) in [7, 11) is 0. The lowest BCUT2D eigenvalue weighted by Crippen LogP contribution is -2.22. The molecule has 0 radical (unpaired) electrons. The average Bonchev–Trinajstić information content (AvgIpc) is 2.63. The van der Waals surface area contributed by atoms with Gasteiger partial charge in [-0.1, -0.05) is 0 Å². The van der Waals surface area contributed by atoms with Gasteiger partial charge in [-0.2, -0.15) is 4.98 Å². The molecule has 1 aromatic rings. The minimum absolute atomic E-state index is 0.239. The Kier molecular flexibility index (Phi) is 2.37. The molecule has 0 bridgehead atoms. The number of aromatic amines is 1. The molecule has 1 aliphatic heterocycles. The molecule has 0 spiro atoms. The van der Waals surface area contributed by atoms with Crippen molar-refractivity contribution in [3.63, 3.8) is 0 Å². The van der Waals surface area contributed by atoms with Gasteiger partial charge in [0.15, 0.2) is 0 Å². The average molecular weight is 193 g/mol. The summed E-state index contributed by atoms with van der Waals surface area (Å²) >= 11 is 0. The van der Waals surface area contributed by atoms with Crippen molar-refractivity contribution in [1.82, 2.24) is 15.3 Å². The van der Waals surface area contributed by atoms with E-state index >= 15 is 0 Å². The van der Waals surface area contributed by atoms with E-state index in [1.807, 2.05) is 13.8 Å². The van der Waals surface area contributed by atoms with Gasteiger partial charge in [0.05, 0.1) is 11.7 Å². The topological polar surface area (TPSA) is 57.8 Å². The van der Waals surface area contributed by atoms with E-state index in [0.717, 1.165) is 36.3 Å². The van der Waals surface area contributed by atoms with Gasteiger partial charge < -0.3 is 10.3 Å². The number of nitrogens with zero attached hydrogens (tertiary/aromatic N) is 1. The highest BCUT2D eigenvalue weighted by atomic mass is 16.1. The number of rotatable bonds is 1.